The zero-order valence-corrected chi connectivity index (χ0v) is 9.62. The van der Waals surface area contributed by atoms with Crippen molar-refractivity contribution in [2.45, 2.75) is 32.7 Å². The summed E-state index contributed by atoms with van der Waals surface area (Å²) in [6.45, 7) is 3.51. The molecule has 0 saturated heterocycles. The van der Waals surface area contributed by atoms with Crippen LogP contribution in [0.5, 0.6) is 0 Å². The molecule has 2 amide bonds. The first-order valence-electron chi connectivity index (χ1n) is 5.09. The van der Waals surface area contributed by atoms with Crippen LogP contribution in [-0.4, -0.2) is 48.1 Å². The normalized spacial score (nSPS) is 12.0. The molecule has 0 aromatic heterocycles. The second-order valence-electron chi connectivity index (χ2n) is 3.71. The molecule has 15 heavy (non-hydrogen) atoms. The third-order valence-corrected chi connectivity index (χ3v) is 2.12. The fourth-order valence-corrected chi connectivity index (χ4v) is 1.12. The molecule has 0 bridgehead atoms. The van der Waals surface area contributed by atoms with E-state index in [2.05, 4.69) is 5.32 Å². The van der Waals surface area contributed by atoms with Crippen LogP contribution in [0, 0.1) is 0 Å². The smallest absolute Gasteiger partial charge is 0.239 e. The average Bonchev–Trinajstić information content (AvgIpc) is 2.14. The van der Waals surface area contributed by atoms with Crippen molar-refractivity contribution in [3.63, 3.8) is 0 Å². The highest BCUT2D eigenvalue weighted by atomic mass is 16.3. The van der Waals surface area contributed by atoms with Crippen LogP contribution in [0.25, 0.3) is 0 Å². The van der Waals surface area contributed by atoms with Gasteiger partial charge in [0.15, 0.2) is 0 Å². The number of nitrogens with one attached hydrogen (secondary N) is 1. The van der Waals surface area contributed by atoms with Gasteiger partial charge in [-0.2, -0.15) is 0 Å². The maximum Gasteiger partial charge on any atom is 0.239 e. The molecule has 1 atom stereocenters. The Kier molecular flexibility index (Phi) is 6.70. The van der Waals surface area contributed by atoms with Crippen LogP contribution in [-0.2, 0) is 9.59 Å². The lowest BCUT2D eigenvalue weighted by Crippen LogP contribution is -2.41. The molecule has 0 aliphatic heterocycles. The average molecular weight is 216 g/mol. The molecule has 0 aromatic carbocycles. The first-order chi connectivity index (χ1) is 6.97. The Balaban J connectivity index is 3.77. The van der Waals surface area contributed by atoms with Crippen molar-refractivity contribution < 1.29 is 14.7 Å². The second kappa shape index (κ2) is 7.23. The molecule has 0 aliphatic carbocycles. The Morgan fingerprint density at radius 1 is 1.47 bits per heavy atom. The van der Waals surface area contributed by atoms with Crippen molar-refractivity contribution in [3.05, 3.63) is 0 Å². The molecule has 0 rings (SSSR count). The summed E-state index contributed by atoms with van der Waals surface area (Å²) in [6.07, 6.45) is 1.41. The van der Waals surface area contributed by atoms with E-state index in [0.717, 1.165) is 6.42 Å². The molecule has 0 saturated carbocycles. The van der Waals surface area contributed by atoms with E-state index in [-0.39, 0.29) is 31.0 Å². The Morgan fingerprint density at radius 3 is 2.53 bits per heavy atom. The van der Waals surface area contributed by atoms with Gasteiger partial charge in [0.05, 0.1) is 6.54 Å². The van der Waals surface area contributed by atoms with Gasteiger partial charge in [-0.1, -0.05) is 0 Å². The molecular formula is C10H20N2O3. The summed E-state index contributed by atoms with van der Waals surface area (Å²) in [5.74, 6) is -0.300. The maximum atomic E-state index is 11.4. The van der Waals surface area contributed by atoms with E-state index in [0.29, 0.717) is 6.42 Å². The van der Waals surface area contributed by atoms with Gasteiger partial charge in [0, 0.05) is 26.6 Å². The van der Waals surface area contributed by atoms with Crippen molar-refractivity contribution in [3.8, 4) is 0 Å². The number of amides is 2. The number of rotatable bonds is 6. The minimum atomic E-state index is -0.168. The van der Waals surface area contributed by atoms with E-state index in [4.69, 9.17) is 5.11 Å². The van der Waals surface area contributed by atoms with E-state index >= 15 is 0 Å². The fraction of sp³-hybridized carbons (Fsp3) is 0.800. The lowest BCUT2D eigenvalue weighted by atomic mass is 10.2. The van der Waals surface area contributed by atoms with Crippen molar-refractivity contribution in [2.24, 2.45) is 0 Å². The zero-order chi connectivity index (χ0) is 11.8. The van der Waals surface area contributed by atoms with Crippen LogP contribution in [0.1, 0.15) is 26.7 Å². The highest BCUT2D eigenvalue weighted by Gasteiger charge is 2.10. The topological polar surface area (TPSA) is 69.6 Å². The summed E-state index contributed by atoms with van der Waals surface area (Å²) in [5, 5.41) is 11.4. The minimum absolute atomic E-state index is 0.0324. The number of hydrogen-bond acceptors (Lipinski definition) is 3. The summed E-state index contributed by atoms with van der Waals surface area (Å²) in [5.41, 5.74) is 0. The van der Waals surface area contributed by atoms with Crippen LogP contribution in [0.2, 0.25) is 0 Å². The van der Waals surface area contributed by atoms with Gasteiger partial charge < -0.3 is 15.3 Å². The van der Waals surface area contributed by atoms with Crippen LogP contribution < -0.4 is 5.32 Å². The highest BCUT2D eigenvalue weighted by molar-refractivity contribution is 5.83. The lowest BCUT2D eigenvalue weighted by Gasteiger charge is -2.17. The molecule has 5 nitrogen and oxygen atoms in total. The number of carbonyl (C=O) groups excluding carboxylic acids is 2. The van der Waals surface area contributed by atoms with E-state index in [9.17, 15) is 9.59 Å². The monoisotopic (exact) mass is 216 g/mol. The summed E-state index contributed by atoms with van der Waals surface area (Å²) < 4.78 is 0. The third-order valence-electron chi connectivity index (χ3n) is 2.12. The summed E-state index contributed by atoms with van der Waals surface area (Å²) >= 11 is 0. The molecule has 0 radical (unpaired) electrons. The Labute approximate surface area is 90.5 Å². The molecule has 0 fully saturated rings. The largest absolute Gasteiger partial charge is 0.396 e. The molecule has 1 unspecified atom stereocenters. The van der Waals surface area contributed by atoms with Crippen LogP contribution in [0.15, 0.2) is 0 Å². The van der Waals surface area contributed by atoms with E-state index in [1.165, 1.54) is 11.8 Å². The van der Waals surface area contributed by atoms with E-state index < -0.39 is 0 Å². The van der Waals surface area contributed by atoms with Gasteiger partial charge >= 0.3 is 0 Å². The van der Waals surface area contributed by atoms with Crippen LogP contribution >= 0.6 is 0 Å². The molecule has 0 aromatic rings. The molecule has 88 valence electrons. The number of aliphatic hydroxyl groups is 1. The van der Waals surface area contributed by atoms with Crippen LogP contribution in [0.3, 0.4) is 0 Å². The second-order valence-corrected chi connectivity index (χ2v) is 3.71. The van der Waals surface area contributed by atoms with Crippen LogP contribution in [0.4, 0.5) is 0 Å². The predicted molar refractivity (Wildman–Crippen MR) is 57.2 cm³/mol. The van der Waals surface area contributed by atoms with E-state index in [1.807, 2.05) is 6.92 Å². The van der Waals surface area contributed by atoms with Gasteiger partial charge in [-0.15, -0.1) is 0 Å². The Bertz CT molecular complexity index is 219. The van der Waals surface area contributed by atoms with Gasteiger partial charge in [0.1, 0.15) is 0 Å². The highest BCUT2D eigenvalue weighted by Crippen LogP contribution is 1.95. The van der Waals surface area contributed by atoms with Gasteiger partial charge in [0.25, 0.3) is 0 Å². The number of aliphatic hydroxyl groups excluding tert-OH is 1. The lowest BCUT2D eigenvalue weighted by molar-refractivity contribution is -0.133. The molecular weight excluding hydrogens is 196 g/mol. The van der Waals surface area contributed by atoms with Gasteiger partial charge in [0.2, 0.25) is 11.8 Å². The predicted octanol–water partition coefficient (Wildman–Crippen LogP) is -0.258. The Morgan fingerprint density at radius 2 is 2.07 bits per heavy atom. The summed E-state index contributed by atoms with van der Waals surface area (Å²) in [6, 6.07) is 0.0324. The number of carbonyl (C=O) groups is 2. The number of hydrogen-bond donors (Lipinski definition) is 2. The first-order valence-corrected chi connectivity index (χ1v) is 5.09. The molecule has 5 heteroatoms. The molecule has 2 N–H and O–H groups in total. The van der Waals surface area contributed by atoms with Crippen molar-refractivity contribution in [1.29, 1.82) is 0 Å². The zero-order valence-electron chi connectivity index (χ0n) is 9.62. The quantitative estimate of drug-likeness (QED) is 0.643. The van der Waals surface area contributed by atoms with Crippen molar-refractivity contribution in [2.75, 3.05) is 20.2 Å². The van der Waals surface area contributed by atoms with E-state index in [1.54, 1.807) is 7.05 Å². The fourth-order valence-electron chi connectivity index (χ4n) is 1.12. The first kappa shape index (κ1) is 13.9. The van der Waals surface area contributed by atoms with Crippen molar-refractivity contribution >= 4 is 11.8 Å². The molecule has 0 heterocycles. The molecule has 0 spiro atoms. The van der Waals surface area contributed by atoms with Crippen molar-refractivity contribution in [1.82, 2.24) is 10.2 Å². The number of nitrogens with zero attached hydrogens (tertiary/aromatic N) is 1. The maximum absolute atomic E-state index is 11.4. The van der Waals surface area contributed by atoms with Gasteiger partial charge in [-0.3, -0.25) is 9.59 Å². The SMILES string of the molecule is CC(=O)N(C)CC(=O)NC(C)CCCO. The van der Waals surface area contributed by atoms with Gasteiger partial charge in [-0.05, 0) is 19.8 Å². The standard InChI is InChI=1S/C10H20N2O3/c1-8(5-4-6-13)11-10(15)7-12(3)9(2)14/h8,13H,4-7H2,1-3H3,(H,11,15). The summed E-state index contributed by atoms with van der Waals surface area (Å²) in [4.78, 5) is 23.6. The number of likely N-dealkylation sites (N-methyl/N-ethyl adjacent to an activating group) is 1. The van der Waals surface area contributed by atoms with Gasteiger partial charge in [-0.25, -0.2) is 0 Å². The Hall–Kier alpha value is -1.10. The molecule has 0 aliphatic rings. The third kappa shape index (κ3) is 6.90. The summed E-state index contributed by atoms with van der Waals surface area (Å²) in [7, 11) is 1.58. The minimum Gasteiger partial charge on any atom is -0.396 e.